The Morgan fingerprint density at radius 3 is 2.55 bits per heavy atom. The Labute approximate surface area is 116 Å². The molecule has 0 aliphatic heterocycles. The summed E-state index contributed by atoms with van der Waals surface area (Å²) in [5.74, 6) is 0.758. The van der Waals surface area contributed by atoms with Crippen LogP contribution in [0.25, 0.3) is 23.1 Å². The van der Waals surface area contributed by atoms with Crippen molar-refractivity contribution >= 4 is 23.1 Å². The third kappa shape index (κ3) is 2.47. The minimum atomic E-state index is 0.0297. The second kappa shape index (κ2) is 5.05. The van der Waals surface area contributed by atoms with Gasteiger partial charge in [0.05, 0.1) is 5.39 Å². The van der Waals surface area contributed by atoms with Crippen LogP contribution in [0.3, 0.4) is 0 Å². The van der Waals surface area contributed by atoms with Gasteiger partial charge in [0, 0.05) is 29.8 Å². The molecule has 0 saturated heterocycles. The number of para-hydroxylation sites is 1. The maximum Gasteiger partial charge on any atom is 0.360 e. The zero-order valence-electron chi connectivity index (χ0n) is 10.7. The molecule has 0 aliphatic carbocycles. The second-order valence-corrected chi connectivity index (χ2v) is 4.45. The van der Waals surface area contributed by atoms with Gasteiger partial charge in [0.2, 0.25) is 0 Å². The number of hydrogen-bond donors (Lipinski definition) is 2. The Bertz CT molecular complexity index is 791. The zero-order valence-corrected chi connectivity index (χ0v) is 10.7. The summed E-state index contributed by atoms with van der Waals surface area (Å²) in [7, 11) is 0. The summed E-state index contributed by atoms with van der Waals surface area (Å²) in [6, 6.07) is 16.1. The van der Waals surface area contributed by atoms with E-state index in [1.165, 1.54) is 12.1 Å². The Hall–Kier alpha value is -2.81. The molecule has 0 unspecified atom stereocenters. The average Bonchev–Trinajstić information content (AvgIpc) is 2.46. The van der Waals surface area contributed by atoms with E-state index in [4.69, 9.17) is 4.42 Å². The van der Waals surface area contributed by atoms with Crippen molar-refractivity contribution in [3.8, 4) is 11.5 Å². The van der Waals surface area contributed by atoms with Gasteiger partial charge in [0.25, 0.3) is 0 Å². The molecule has 3 nitrogen and oxygen atoms in total. The molecule has 3 heteroatoms. The van der Waals surface area contributed by atoms with Gasteiger partial charge in [-0.15, -0.1) is 0 Å². The van der Waals surface area contributed by atoms with E-state index in [9.17, 15) is 10.2 Å². The first-order chi connectivity index (χ1) is 9.72. The fraction of sp³-hybridized carbons (Fsp3) is 0. The first-order valence-corrected chi connectivity index (χ1v) is 6.24. The summed E-state index contributed by atoms with van der Waals surface area (Å²) in [4.78, 5) is 0. The van der Waals surface area contributed by atoms with E-state index in [1.807, 2.05) is 36.4 Å². The quantitative estimate of drug-likeness (QED) is 0.679. The summed E-state index contributed by atoms with van der Waals surface area (Å²) < 4.78 is 5.73. The van der Waals surface area contributed by atoms with Crippen molar-refractivity contribution in [3.63, 3.8) is 0 Å². The zero-order chi connectivity index (χ0) is 13.9. The summed E-state index contributed by atoms with van der Waals surface area (Å²) in [5, 5.41) is 20.0. The standard InChI is InChI=1S/C17H12O3/c18-14-8-5-12(16(19)11-14)6-9-15-10-7-13-3-1-2-4-17(13)20-15/h1-11H,(H-,18,19)/p+1/b9-6+. The number of aromatic hydroxyl groups is 2. The van der Waals surface area contributed by atoms with Gasteiger partial charge in [-0.1, -0.05) is 12.1 Å². The lowest BCUT2D eigenvalue weighted by Gasteiger charge is -1.98. The van der Waals surface area contributed by atoms with Gasteiger partial charge >= 0.3 is 11.3 Å². The van der Waals surface area contributed by atoms with Crippen LogP contribution < -0.4 is 0 Å². The summed E-state index contributed by atoms with van der Waals surface area (Å²) in [6.45, 7) is 0. The molecule has 2 N–H and O–H groups in total. The Morgan fingerprint density at radius 2 is 1.70 bits per heavy atom. The molecule has 20 heavy (non-hydrogen) atoms. The summed E-state index contributed by atoms with van der Waals surface area (Å²) in [5.41, 5.74) is 1.43. The van der Waals surface area contributed by atoms with Crippen LogP contribution in [0, 0.1) is 0 Å². The molecule has 3 rings (SSSR count). The van der Waals surface area contributed by atoms with Crippen LogP contribution in [0.4, 0.5) is 0 Å². The fourth-order valence-corrected chi connectivity index (χ4v) is 1.98. The predicted molar refractivity (Wildman–Crippen MR) is 79.3 cm³/mol. The lowest BCUT2D eigenvalue weighted by molar-refractivity contribution is 0.450. The number of hydrogen-bond acceptors (Lipinski definition) is 2. The Balaban J connectivity index is 1.93. The van der Waals surface area contributed by atoms with Crippen molar-refractivity contribution in [3.05, 3.63) is 65.9 Å². The smallest absolute Gasteiger partial charge is 0.360 e. The number of rotatable bonds is 2. The molecule has 2 aromatic carbocycles. The molecule has 0 radical (unpaired) electrons. The molecule has 0 amide bonds. The number of phenolic OH excluding ortho intramolecular Hbond substituents is 2. The van der Waals surface area contributed by atoms with Crippen LogP contribution in [0.1, 0.15) is 11.3 Å². The molecule has 98 valence electrons. The van der Waals surface area contributed by atoms with Gasteiger partial charge in [0.1, 0.15) is 11.5 Å². The van der Waals surface area contributed by atoms with E-state index in [-0.39, 0.29) is 11.5 Å². The highest BCUT2D eigenvalue weighted by molar-refractivity contribution is 5.78. The van der Waals surface area contributed by atoms with Crippen LogP contribution in [0.5, 0.6) is 11.5 Å². The van der Waals surface area contributed by atoms with E-state index in [0.717, 1.165) is 11.0 Å². The molecule has 0 bridgehead atoms. The average molecular weight is 265 g/mol. The van der Waals surface area contributed by atoms with Crippen molar-refractivity contribution < 1.29 is 14.6 Å². The van der Waals surface area contributed by atoms with E-state index in [1.54, 1.807) is 18.2 Å². The van der Waals surface area contributed by atoms with Crippen LogP contribution in [-0.4, -0.2) is 10.2 Å². The molecule has 1 heterocycles. The molecule has 0 fully saturated rings. The highest BCUT2D eigenvalue weighted by atomic mass is 16.3. The molecular formula is C17H13O3+. The monoisotopic (exact) mass is 265 g/mol. The van der Waals surface area contributed by atoms with Crippen molar-refractivity contribution in [1.29, 1.82) is 0 Å². The van der Waals surface area contributed by atoms with Crippen LogP contribution in [0.2, 0.25) is 0 Å². The van der Waals surface area contributed by atoms with Crippen molar-refractivity contribution in [2.24, 2.45) is 0 Å². The third-order valence-corrected chi connectivity index (χ3v) is 3.02. The van der Waals surface area contributed by atoms with Crippen LogP contribution >= 0.6 is 0 Å². The SMILES string of the molecule is Oc1ccc(/C=C/c2ccc3ccccc3[o+]2)c(O)c1. The number of benzene rings is 2. The van der Waals surface area contributed by atoms with Crippen LogP contribution in [-0.2, 0) is 0 Å². The van der Waals surface area contributed by atoms with Gasteiger partial charge in [-0.2, -0.15) is 0 Å². The third-order valence-electron chi connectivity index (χ3n) is 3.02. The summed E-state index contributed by atoms with van der Waals surface area (Å²) in [6.07, 6.45) is 3.51. The molecule has 0 saturated carbocycles. The molecule has 0 spiro atoms. The fourth-order valence-electron chi connectivity index (χ4n) is 1.98. The first-order valence-electron chi connectivity index (χ1n) is 6.24. The van der Waals surface area contributed by atoms with Crippen LogP contribution in [0.15, 0.2) is 59.0 Å². The normalized spacial score (nSPS) is 11.2. The minimum absolute atomic E-state index is 0.0297. The largest absolute Gasteiger partial charge is 0.508 e. The molecular weight excluding hydrogens is 252 g/mol. The van der Waals surface area contributed by atoms with Crippen molar-refractivity contribution in [1.82, 2.24) is 0 Å². The topological polar surface area (TPSA) is 51.8 Å². The molecule has 1 aromatic heterocycles. The Kier molecular flexibility index (Phi) is 3.09. The maximum atomic E-state index is 9.70. The van der Waals surface area contributed by atoms with Crippen molar-refractivity contribution in [2.75, 3.05) is 0 Å². The number of phenols is 2. The van der Waals surface area contributed by atoms with E-state index in [0.29, 0.717) is 11.3 Å². The summed E-state index contributed by atoms with van der Waals surface area (Å²) >= 11 is 0. The highest BCUT2D eigenvalue weighted by Crippen LogP contribution is 2.25. The predicted octanol–water partition coefficient (Wildman–Crippen LogP) is 4.30. The van der Waals surface area contributed by atoms with Gasteiger partial charge in [0.15, 0.2) is 0 Å². The van der Waals surface area contributed by atoms with Crippen molar-refractivity contribution in [2.45, 2.75) is 0 Å². The van der Waals surface area contributed by atoms with Gasteiger partial charge in [-0.25, -0.2) is 4.42 Å². The van der Waals surface area contributed by atoms with Gasteiger partial charge in [-0.05, 0) is 30.3 Å². The number of fused-ring (bicyclic) bond motifs is 1. The Morgan fingerprint density at radius 1 is 0.850 bits per heavy atom. The second-order valence-electron chi connectivity index (χ2n) is 4.45. The minimum Gasteiger partial charge on any atom is -0.508 e. The first kappa shape index (κ1) is 12.2. The van der Waals surface area contributed by atoms with Gasteiger partial charge in [-0.3, -0.25) is 0 Å². The van der Waals surface area contributed by atoms with E-state index in [2.05, 4.69) is 0 Å². The maximum absolute atomic E-state index is 9.70. The molecule has 0 atom stereocenters. The van der Waals surface area contributed by atoms with E-state index < -0.39 is 0 Å². The molecule has 3 aromatic rings. The highest BCUT2D eigenvalue weighted by Gasteiger charge is 2.08. The lowest BCUT2D eigenvalue weighted by atomic mass is 10.1. The lowest BCUT2D eigenvalue weighted by Crippen LogP contribution is -1.77. The van der Waals surface area contributed by atoms with Gasteiger partial charge < -0.3 is 10.2 Å². The van der Waals surface area contributed by atoms with E-state index >= 15 is 0 Å². The molecule has 0 aliphatic rings.